The van der Waals surface area contributed by atoms with Crippen LogP contribution in [0.5, 0.6) is 0 Å². The summed E-state index contributed by atoms with van der Waals surface area (Å²) < 4.78 is 4.86. The van der Waals surface area contributed by atoms with Crippen molar-refractivity contribution in [1.29, 1.82) is 0 Å². The molecule has 1 aromatic heterocycles. The lowest BCUT2D eigenvalue weighted by Crippen LogP contribution is -2.05. The predicted octanol–water partition coefficient (Wildman–Crippen LogP) is 4.86. The second-order valence-corrected chi connectivity index (χ2v) is 5.39. The highest BCUT2D eigenvalue weighted by molar-refractivity contribution is 6.30. The van der Waals surface area contributed by atoms with Crippen molar-refractivity contribution in [3.8, 4) is 22.5 Å². The van der Waals surface area contributed by atoms with Gasteiger partial charge in [-0.15, -0.1) is 0 Å². The third-order valence-electron chi connectivity index (χ3n) is 3.49. The molecule has 0 spiro atoms. The van der Waals surface area contributed by atoms with E-state index < -0.39 is 5.97 Å². The Morgan fingerprint density at radius 2 is 1.61 bits per heavy atom. The highest BCUT2D eigenvalue weighted by Crippen LogP contribution is 2.27. The predicted molar refractivity (Wildman–Crippen MR) is 91.5 cm³/mol. The topological polar surface area (TPSA) is 39.2 Å². The normalized spacial score (nSPS) is 10.3. The van der Waals surface area contributed by atoms with Gasteiger partial charge in [0.25, 0.3) is 0 Å². The van der Waals surface area contributed by atoms with E-state index in [1.807, 2.05) is 48.5 Å². The van der Waals surface area contributed by atoms with Gasteiger partial charge in [0.05, 0.1) is 24.1 Å². The van der Waals surface area contributed by atoms with Crippen molar-refractivity contribution in [3.05, 3.63) is 77.3 Å². The molecule has 0 aliphatic carbocycles. The van der Waals surface area contributed by atoms with Crippen LogP contribution in [-0.2, 0) is 4.74 Å². The summed E-state index contributed by atoms with van der Waals surface area (Å²) in [6.07, 6.45) is 0. The first-order chi connectivity index (χ1) is 11.2. The number of aromatic nitrogens is 1. The van der Waals surface area contributed by atoms with Crippen LogP contribution in [0, 0.1) is 0 Å². The summed E-state index contributed by atoms with van der Waals surface area (Å²) in [5.74, 6) is -0.415. The van der Waals surface area contributed by atoms with E-state index in [4.69, 9.17) is 16.3 Å². The summed E-state index contributed by atoms with van der Waals surface area (Å²) in [5.41, 5.74) is 3.60. The maximum absolute atomic E-state index is 12.0. The fraction of sp³-hybridized carbons (Fsp3) is 0.0526. The highest BCUT2D eigenvalue weighted by Gasteiger charge is 2.16. The Bertz CT molecular complexity index is 830. The molecule has 0 unspecified atom stereocenters. The number of hydrogen-bond donors (Lipinski definition) is 0. The van der Waals surface area contributed by atoms with Gasteiger partial charge in [-0.3, -0.25) is 0 Å². The maximum Gasteiger partial charge on any atom is 0.340 e. The van der Waals surface area contributed by atoms with E-state index >= 15 is 0 Å². The number of halogens is 1. The molecule has 3 nitrogen and oxygen atoms in total. The number of esters is 1. The first-order valence-electron chi connectivity index (χ1n) is 7.10. The van der Waals surface area contributed by atoms with Crippen LogP contribution in [0.2, 0.25) is 5.02 Å². The summed E-state index contributed by atoms with van der Waals surface area (Å²) in [7, 11) is 1.36. The number of benzene rings is 2. The van der Waals surface area contributed by atoms with Crippen molar-refractivity contribution in [2.24, 2.45) is 0 Å². The van der Waals surface area contributed by atoms with Gasteiger partial charge in [-0.2, -0.15) is 0 Å². The Morgan fingerprint density at radius 3 is 2.26 bits per heavy atom. The van der Waals surface area contributed by atoms with Crippen molar-refractivity contribution >= 4 is 17.6 Å². The van der Waals surface area contributed by atoms with Crippen LogP contribution in [-0.4, -0.2) is 18.1 Å². The fourth-order valence-corrected chi connectivity index (χ4v) is 2.46. The Labute approximate surface area is 139 Å². The number of pyridine rings is 1. The van der Waals surface area contributed by atoms with Crippen LogP contribution in [0.25, 0.3) is 22.5 Å². The van der Waals surface area contributed by atoms with E-state index in [2.05, 4.69) is 4.98 Å². The number of carbonyl (C=O) groups is 1. The summed E-state index contributed by atoms with van der Waals surface area (Å²) in [5, 5.41) is 0.632. The average Bonchev–Trinajstić information content (AvgIpc) is 2.62. The zero-order valence-corrected chi connectivity index (χ0v) is 13.2. The van der Waals surface area contributed by atoms with E-state index in [1.165, 1.54) is 7.11 Å². The van der Waals surface area contributed by atoms with Gasteiger partial charge in [-0.25, -0.2) is 9.78 Å². The van der Waals surface area contributed by atoms with Crippen molar-refractivity contribution in [3.63, 3.8) is 0 Å². The van der Waals surface area contributed by atoms with Crippen LogP contribution in [0.1, 0.15) is 10.4 Å². The minimum Gasteiger partial charge on any atom is -0.465 e. The van der Waals surface area contributed by atoms with E-state index in [0.717, 1.165) is 16.8 Å². The molecule has 0 amide bonds. The zero-order valence-electron chi connectivity index (χ0n) is 12.5. The van der Waals surface area contributed by atoms with Crippen LogP contribution >= 0.6 is 11.6 Å². The molecule has 0 aliphatic rings. The Hall–Kier alpha value is -2.65. The van der Waals surface area contributed by atoms with Crippen LogP contribution in [0.4, 0.5) is 0 Å². The molecule has 0 saturated carbocycles. The molecule has 0 aliphatic heterocycles. The van der Waals surface area contributed by atoms with Gasteiger partial charge in [0.1, 0.15) is 0 Å². The fourth-order valence-electron chi connectivity index (χ4n) is 2.33. The van der Waals surface area contributed by atoms with Crippen LogP contribution in [0.3, 0.4) is 0 Å². The van der Waals surface area contributed by atoms with E-state index in [9.17, 15) is 4.79 Å². The minimum atomic E-state index is -0.415. The van der Waals surface area contributed by atoms with Gasteiger partial charge in [0, 0.05) is 16.1 Å². The van der Waals surface area contributed by atoms with Crippen LogP contribution in [0.15, 0.2) is 66.7 Å². The van der Waals surface area contributed by atoms with Crippen molar-refractivity contribution in [2.45, 2.75) is 0 Å². The standard InChI is InChI=1S/C19H14ClNO2/c1-23-19(22)16-11-12-17(13-5-3-2-4-6-13)21-18(16)14-7-9-15(20)10-8-14/h2-12H,1H3. The molecule has 0 atom stereocenters. The Balaban J connectivity index is 2.16. The van der Waals surface area contributed by atoms with Gasteiger partial charge in [0.15, 0.2) is 0 Å². The Morgan fingerprint density at radius 1 is 0.913 bits per heavy atom. The molecular formula is C19H14ClNO2. The minimum absolute atomic E-state index is 0.415. The van der Waals surface area contributed by atoms with Crippen molar-refractivity contribution < 1.29 is 9.53 Å². The molecule has 4 heteroatoms. The molecule has 23 heavy (non-hydrogen) atoms. The van der Waals surface area contributed by atoms with E-state index in [1.54, 1.807) is 18.2 Å². The van der Waals surface area contributed by atoms with Crippen molar-refractivity contribution in [2.75, 3.05) is 7.11 Å². The van der Waals surface area contributed by atoms with Gasteiger partial charge >= 0.3 is 5.97 Å². The summed E-state index contributed by atoms with van der Waals surface area (Å²) in [6, 6.07) is 20.6. The zero-order chi connectivity index (χ0) is 16.2. The second-order valence-electron chi connectivity index (χ2n) is 4.96. The van der Waals surface area contributed by atoms with Crippen LogP contribution < -0.4 is 0 Å². The van der Waals surface area contributed by atoms with E-state index in [0.29, 0.717) is 16.3 Å². The monoisotopic (exact) mass is 323 g/mol. The van der Waals surface area contributed by atoms with Gasteiger partial charge in [0.2, 0.25) is 0 Å². The maximum atomic E-state index is 12.0. The summed E-state index contributed by atoms with van der Waals surface area (Å²) >= 11 is 5.94. The molecule has 1 heterocycles. The highest BCUT2D eigenvalue weighted by atomic mass is 35.5. The lowest BCUT2D eigenvalue weighted by atomic mass is 10.0. The number of methoxy groups -OCH3 is 1. The number of rotatable bonds is 3. The molecule has 0 radical (unpaired) electrons. The summed E-state index contributed by atoms with van der Waals surface area (Å²) in [6.45, 7) is 0. The number of ether oxygens (including phenoxy) is 1. The lowest BCUT2D eigenvalue weighted by Gasteiger charge is -2.10. The van der Waals surface area contributed by atoms with E-state index in [-0.39, 0.29) is 0 Å². The average molecular weight is 324 g/mol. The molecule has 0 N–H and O–H groups in total. The Kier molecular flexibility index (Phi) is 4.40. The third-order valence-corrected chi connectivity index (χ3v) is 3.74. The molecule has 0 bridgehead atoms. The number of nitrogens with zero attached hydrogens (tertiary/aromatic N) is 1. The molecule has 3 aromatic rings. The van der Waals surface area contributed by atoms with Gasteiger partial charge in [-0.05, 0) is 24.3 Å². The molecule has 114 valence electrons. The molecule has 3 rings (SSSR count). The van der Waals surface area contributed by atoms with Crippen molar-refractivity contribution in [1.82, 2.24) is 4.98 Å². The first-order valence-corrected chi connectivity index (χ1v) is 7.47. The second kappa shape index (κ2) is 6.63. The lowest BCUT2D eigenvalue weighted by molar-refractivity contribution is 0.0601. The molecule has 2 aromatic carbocycles. The third kappa shape index (κ3) is 3.25. The van der Waals surface area contributed by atoms with Gasteiger partial charge < -0.3 is 4.74 Å². The largest absolute Gasteiger partial charge is 0.465 e. The van der Waals surface area contributed by atoms with Gasteiger partial charge in [-0.1, -0.05) is 54.1 Å². The quantitative estimate of drug-likeness (QED) is 0.646. The number of hydrogen-bond acceptors (Lipinski definition) is 3. The smallest absolute Gasteiger partial charge is 0.340 e. The summed E-state index contributed by atoms with van der Waals surface area (Å²) in [4.78, 5) is 16.7. The molecule has 0 fully saturated rings. The first kappa shape index (κ1) is 15.3. The SMILES string of the molecule is COC(=O)c1ccc(-c2ccccc2)nc1-c1ccc(Cl)cc1. The molecule has 0 saturated heterocycles. The molecular weight excluding hydrogens is 310 g/mol. The number of carbonyl (C=O) groups excluding carboxylic acids is 1.